The molecule has 0 aliphatic rings. The summed E-state index contributed by atoms with van der Waals surface area (Å²) in [5.74, 6) is 0.00734. The van der Waals surface area contributed by atoms with Crippen molar-refractivity contribution < 1.29 is 15.0 Å². The number of benzene rings is 2. The van der Waals surface area contributed by atoms with Gasteiger partial charge in [0.25, 0.3) is 0 Å². The summed E-state index contributed by atoms with van der Waals surface area (Å²) in [7, 11) is 0. The Morgan fingerprint density at radius 1 is 0.917 bits per heavy atom. The van der Waals surface area contributed by atoms with Gasteiger partial charge < -0.3 is 15.1 Å². The van der Waals surface area contributed by atoms with Crippen molar-refractivity contribution in [3.05, 3.63) is 59.7 Å². The minimum atomic E-state index is -0.0941. The van der Waals surface area contributed by atoms with Crippen LogP contribution in [0.25, 0.3) is 0 Å². The molecule has 0 saturated heterocycles. The Hall–Kier alpha value is -2.82. The molecule has 1 amide bonds. The summed E-state index contributed by atoms with van der Waals surface area (Å²) in [6.45, 7) is 5.02. The molecule has 0 spiro atoms. The summed E-state index contributed by atoms with van der Waals surface area (Å²) >= 11 is 0. The first-order valence-corrected chi connectivity index (χ1v) is 7.97. The molecule has 0 atom stereocenters. The maximum absolute atomic E-state index is 12.2. The van der Waals surface area contributed by atoms with E-state index in [1.165, 1.54) is 0 Å². The van der Waals surface area contributed by atoms with Crippen molar-refractivity contribution in [1.82, 2.24) is 4.90 Å². The van der Waals surface area contributed by atoms with Crippen molar-refractivity contribution in [3.8, 4) is 11.5 Å². The molecule has 0 heterocycles. The quantitative estimate of drug-likeness (QED) is 0.802. The molecule has 0 aliphatic heterocycles. The molecular weight excluding hydrogens is 304 g/mol. The van der Waals surface area contributed by atoms with Crippen LogP contribution in [0.2, 0.25) is 0 Å². The fraction of sp³-hybridized carbons (Fsp3) is 0.263. The molecule has 5 nitrogen and oxygen atoms in total. The second-order valence-corrected chi connectivity index (χ2v) is 5.27. The highest BCUT2D eigenvalue weighted by Crippen LogP contribution is 2.25. The van der Waals surface area contributed by atoms with E-state index >= 15 is 0 Å². The van der Waals surface area contributed by atoms with Crippen LogP contribution in [-0.2, 0) is 4.79 Å². The third-order valence-electron chi connectivity index (χ3n) is 3.81. The van der Waals surface area contributed by atoms with Crippen LogP contribution in [0.4, 0.5) is 0 Å². The number of aromatic hydroxyl groups is 2. The van der Waals surface area contributed by atoms with Gasteiger partial charge in [-0.3, -0.25) is 9.79 Å². The second kappa shape index (κ2) is 8.15. The van der Waals surface area contributed by atoms with Gasteiger partial charge in [0.2, 0.25) is 5.91 Å². The van der Waals surface area contributed by atoms with Gasteiger partial charge in [0.05, 0.1) is 5.71 Å². The summed E-state index contributed by atoms with van der Waals surface area (Å²) in [5, 5.41) is 20.3. The van der Waals surface area contributed by atoms with E-state index in [0.29, 0.717) is 29.9 Å². The number of phenols is 2. The average Bonchev–Trinajstić information content (AvgIpc) is 2.59. The fourth-order valence-corrected chi connectivity index (χ4v) is 2.49. The lowest BCUT2D eigenvalue weighted by Gasteiger charge is -2.18. The standard InChI is InChI=1S/C19H22N2O3/c1-3-21(4-2)18(24)13-20-19(14-9-5-7-11-16(14)22)15-10-6-8-12-17(15)23/h5-12,22-23H,3-4,13H2,1-2H3. The Labute approximate surface area is 141 Å². The van der Waals surface area contributed by atoms with E-state index in [0.717, 1.165) is 0 Å². The summed E-state index contributed by atoms with van der Waals surface area (Å²) in [5.41, 5.74) is 1.35. The number of rotatable bonds is 6. The van der Waals surface area contributed by atoms with Gasteiger partial charge in [0.15, 0.2) is 0 Å². The molecule has 0 unspecified atom stereocenters. The SMILES string of the molecule is CCN(CC)C(=O)CN=C(c1ccccc1O)c1ccccc1O. The summed E-state index contributed by atoms with van der Waals surface area (Å²) < 4.78 is 0. The van der Waals surface area contributed by atoms with Crippen LogP contribution in [-0.4, -0.2) is 46.4 Å². The second-order valence-electron chi connectivity index (χ2n) is 5.27. The molecule has 0 fully saturated rings. The number of carbonyl (C=O) groups excluding carboxylic acids is 1. The van der Waals surface area contributed by atoms with Crippen LogP contribution >= 0.6 is 0 Å². The van der Waals surface area contributed by atoms with Crippen LogP contribution in [0.1, 0.15) is 25.0 Å². The van der Waals surface area contributed by atoms with Crippen molar-refractivity contribution >= 4 is 11.6 Å². The number of aliphatic imine (C=N–C) groups is 1. The Morgan fingerprint density at radius 2 is 1.38 bits per heavy atom. The van der Waals surface area contributed by atoms with E-state index in [1.54, 1.807) is 53.4 Å². The highest BCUT2D eigenvalue weighted by Gasteiger charge is 2.16. The first-order chi connectivity index (χ1) is 11.6. The van der Waals surface area contributed by atoms with Gasteiger partial charge >= 0.3 is 0 Å². The zero-order valence-corrected chi connectivity index (χ0v) is 13.9. The number of likely N-dealkylation sites (N-methyl/N-ethyl adjacent to an activating group) is 1. The van der Waals surface area contributed by atoms with Crippen molar-refractivity contribution in [3.63, 3.8) is 0 Å². The number of hydrogen-bond donors (Lipinski definition) is 2. The van der Waals surface area contributed by atoms with Gasteiger partial charge in [-0.2, -0.15) is 0 Å². The van der Waals surface area contributed by atoms with Gasteiger partial charge in [-0.25, -0.2) is 0 Å². The third-order valence-corrected chi connectivity index (χ3v) is 3.81. The number of carbonyl (C=O) groups is 1. The molecule has 2 rings (SSSR count). The minimum Gasteiger partial charge on any atom is -0.507 e. The number of hydrogen-bond acceptors (Lipinski definition) is 4. The van der Waals surface area contributed by atoms with Crippen LogP contribution in [0.15, 0.2) is 53.5 Å². The number of amides is 1. The highest BCUT2D eigenvalue weighted by atomic mass is 16.3. The first-order valence-electron chi connectivity index (χ1n) is 7.97. The van der Waals surface area contributed by atoms with E-state index in [2.05, 4.69) is 4.99 Å². The van der Waals surface area contributed by atoms with Crippen molar-refractivity contribution in [2.45, 2.75) is 13.8 Å². The molecule has 2 aromatic carbocycles. The van der Waals surface area contributed by atoms with Crippen LogP contribution < -0.4 is 0 Å². The fourth-order valence-electron chi connectivity index (χ4n) is 2.49. The van der Waals surface area contributed by atoms with E-state index in [9.17, 15) is 15.0 Å². The molecule has 24 heavy (non-hydrogen) atoms. The smallest absolute Gasteiger partial charge is 0.244 e. The van der Waals surface area contributed by atoms with Gasteiger partial charge in [-0.15, -0.1) is 0 Å². The first kappa shape index (κ1) is 17.5. The zero-order valence-electron chi connectivity index (χ0n) is 13.9. The maximum atomic E-state index is 12.2. The molecule has 0 saturated carbocycles. The zero-order chi connectivity index (χ0) is 17.5. The van der Waals surface area contributed by atoms with Gasteiger partial charge in [0, 0.05) is 24.2 Å². The lowest BCUT2D eigenvalue weighted by molar-refractivity contribution is -0.129. The summed E-state index contributed by atoms with van der Waals surface area (Å²) in [4.78, 5) is 18.3. The monoisotopic (exact) mass is 326 g/mol. The molecule has 0 aromatic heterocycles. The predicted molar refractivity (Wildman–Crippen MR) is 94.6 cm³/mol. The Morgan fingerprint density at radius 3 is 1.79 bits per heavy atom. The molecular formula is C19H22N2O3. The van der Waals surface area contributed by atoms with E-state index in [4.69, 9.17) is 0 Å². The van der Waals surface area contributed by atoms with Crippen molar-refractivity contribution in [2.24, 2.45) is 4.99 Å². The number of nitrogens with zero attached hydrogens (tertiary/aromatic N) is 2. The number of phenolic OH excluding ortho intramolecular Hbond substituents is 2. The van der Waals surface area contributed by atoms with Crippen LogP contribution in [0.3, 0.4) is 0 Å². The Balaban J connectivity index is 2.45. The van der Waals surface area contributed by atoms with Crippen molar-refractivity contribution in [2.75, 3.05) is 19.6 Å². The van der Waals surface area contributed by atoms with E-state index in [-0.39, 0.29) is 24.0 Å². The topological polar surface area (TPSA) is 73.1 Å². The predicted octanol–water partition coefficient (Wildman–Crippen LogP) is 2.80. The maximum Gasteiger partial charge on any atom is 0.244 e. The van der Waals surface area contributed by atoms with E-state index < -0.39 is 0 Å². The molecule has 126 valence electrons. The highest BCUT2D eigenvalue weighted by molar-refractivity contribution is 6.16. The average molecular weight is 326 g/mol. The van der Waals surface area contributed by atoms with Gasteiger partial charge in [-0.05, 0) is 38.1 Å². The lowest BCUT2D eigenvalue weighted by atomic mass is 10.0. The number of para-hydroxylation sites is 2. The summed E-state index contributed by atoms with van der Waals surface area (Å²) in [6, 6.07) is 13.5. The lowest BCUT2D eigenvalue weighted by Crippen LogP contribution is -2.32. The van der Waals surface area contributed by atoms with Crippen molar-refractivity contribution in [1.29, 1.82) is 0 Å². The molecule has 0 aliphatic carbocycles. The van der Waals surface area contributed by atoms with Crippen LogP contribution in [0.5, 0.6) is 11.5 Å². The largest absolute Gasteiger partial charge is 0.507 e. The van der Waals surface area contributed by atoms with Crippen LogP contribution in [0, 0.1) is 0 Å². The summed E-state index contributed by atoms with van der Waals surface area (Å²) in [6.07, 6.45) is 0. The van der Waals surface area contributed by atoms with Gasteiger partial charge in [-0.1, -0.05) is 24.3 Å². The molecule has 2 N–H and O–H groups in total. The third kappa shape index (κ3) is 3.93. The Kier molecular flexibility index (Phi) is 5.95. The molecule has 5 heteroatoms. The normalized spacial score (nSPS) is 10.2. The minimum absolute atomic E-state index is 0.0420. The molecule has 0 radical (unpaired) electrons. The van der Waals surface area contributed by atoms with Gasteiger partial charge in [0.1, 0.15) is 18.0 Å². The molecule has 2 aromatic rings. The molecule has 0 bridgehead atoms. The Bertz CT molecular complexity index is 689. The van der Waals surface area contributed by atoms with E-state index in [1.807, 2.05) is 13.8 Å².